The van der Waals surface area contributed by atoms with E-state index >= 15 is 0 Å². The van der Waals surface area contributed by atoms with Crippen LogP contribution in [0.4, 0.5) is 0 Å². The van der Waals surface area contributed by atoms with Crippen molar-refractivity contribution >= 4 is 215 Å². The molecular formula is C112H104N6O9. The summed E-state index contributed by atoms with van der Waals surface area (Å²) in [7, 11) is 6.31. The van der Waals surface area contributed by atoms with Gasteiger partial charge < -0.3 is 0 Å². The van der Waals surface area contributed by atoms with Crippen molar-refractivity contribution in [2.24, 2.45) is 0 Å². The largest absolute Gasteiger partial charge is 0.277 e. The van der Waals surface area contributed by atoms with Crippen LogP contribution in [-0.4, -0.2) is 104 Å². The summed E-state index contributed by atoms with van der Waals surface area (Å²) in [5, 5.41) is 28.8. The van der Waals surface area contributed by atoms with Crippen LogP contribution in [0.5, 0.6) is 0 Å². The molecule has 6 heterocycles. The van der Waals surface area contributed by atoms with Crippen molar-refractivity contribution in [3.8, 4) is 0 Å². The van der Waals surface area contributed by atoms with E-state index in [-0.39, 0.29) is 67.7 Å². The number of imidazole rings is 1. The molecule has 23 rings (SSSR count). The van der Waals surface area contributed by atoms with Gasteiger partial charge in [-0.15, -0.1) is 0 Å². The molecule has 0 bridgehead atoms. The Morgan fingerprint density at radius 2 is 0.378 bits per heavy atom. The first-order chi connectivity index (χ1) is 58.9. The Hall–Kier alpha value is -13.4. The predicted molar refractivity (Wildman–Crippen MR) is 524 cm³/mol. The zero-order chi connectivity index (χ0) is 89.6. The van der Waals surface area contributed by atoms with Gasteiger partial charge in [-0.1, -0.05) is 39.1 Å². The lowest BCUT2D eigenvalue weighted by molar-refractivity contribution is 0.0634. The molecule has 0 unspecified atom stereocenters. The summed E-state index contributed by atoms with van der Waals surface area (Å²) in [6.07, 6.45) is 0. The molecule has 19 aromatic rings. The molecule has 0 N–H and O–H groups in total. The molecule has 0 spiro atoms. The molecule has 0 saturated heterocycles. The lowest BCUT2D eigenvalue weighted by Crippen LogP contribution is -2.38. The zero-order valence-corrected chi connectivity index (χ0v) is 76.8. The van der Waals surface area contributed by atoms with Crippen LogP contribution >= 0.6 is 0 Å². The van der Waals surface area contributed by atoms with Crippen molar-refractivity contribution in [2.45, 2.75) is 195 Å². The number of rotatable bonds is 0. The van der Waals surface area contributed by atoms with Gasteiger partial charge in [0.2, 0.25) is 0 Å². The van der Waals surface area contributed by atoms with E-state index in [1.807, 2.05) is 85.8 Å². The first-order valence-corrected chi connectivity index (χ1v) is 43.3. The highest BCUT2D eigenvalue weighted by atomic mass is 16.2. The van der Waals surface area contributed by atoms with Gasteiger partial charge in [0.1, 0.15) is 5.65 Å². The van der Waals surface area contributed by atoms with Crippen LogP contribution in [0.15, 0.2) is 41.2 Å². The molecule has 4 aliphatic heterocycles. The standard InChI is InChI=1S/C43H33N3O3.C34H30N2O4.C33H33NO2.2CH4/c1-16-20(5)32-38-35(43(49)46-27-15-25-13-11-10-12-24(25)14-26(27)44-40(32)46)23(8)19(4)29-31-18(3)22(7)34-39-33(41(47)45(9)42(34)48)21(6)17(2)30(37(31)39)28(16)36(29)38;1-11-15(5)23-29-24(32(38)35(9)31(23)37)17(7)13(3)21-22-14(4)18(8)26-30-25(33(39)36(10)34(26)40)16(6)12(2)20(28(22)30)19(11)27(21)29;1-12-14(3)22-15(4)13(2)17(6)24-26-19(8)21(10)28-31-27(32(35)34(11)33(28)36)20(9)18(7)25(30(26)31)23(16(12)5)29(22)24;;/h10-15H,1-9H3;1-10H3;1-11H3;2*1H4. The molecule has 0 atom stereocenters. The Balaban J connectivity index is 0.000000125. The van der Waals surface area contributed by atoms with E-state index in [1.54, 1.807) is 28.2 Å². The maximum atomic E-state index is 15.0. The lowest BCUT2D eigenvalue weighted by atomic mass is 9.73. The molecule has 2 aromatic heterocycles. The Bertz CT molecular complexity index is 8390. The summed E-state index contributed by atoms with van der Waals surface area (Å²) in [5.41, 5.74) is 34.6. The molecule has 15 heteroatoms. The zero-order valence-electron chi connectivity index (χ0n) is 76.8. The van der Waals surface area contributed by atoms with Crippen molar-refractivity contribution < 1.29 is 38.4 Å². The summed E-state index contributed by atoms with van der Waals surface area (Å²) in [4.78, 5) is 135. The lowest BCUT2D eigenvalue weighted by Gasteiger charge is -2.34. The number of nitrogens with zero attached hydrogens (tertiary/aromatic N) is 6. The number of fused-ring (bicyclic) bond motifs is 11. The third-order valence-corrected chi connectivity index (χ3v) is 32.7. The molecule has 4 aliphatic rings. The third kappa shape index (κ3) is 9.26. The molecule has 8 amide bonds. The van der Waals surface area contributed by atoms with Gasteiger partial charge in [-0.05, 0) is 450 Å². The summed E-state index contributed by atoms with van der Waals surface area (Å²) >= 11 is 0. The van der Waals surface area contributed by atoms with Crippen LogP contribution in [0, 0.1) is 180 Å². The number of benzene rings is 17. The second-order valence-electron chi connectivity index (χ2n) is 37.4. The second-order valence-corrected chi connectivity index (χ2v) is 37.4. The van der Waals surface area contributed by atoms with Crippen LogP contribution in [0.2, 0.25) is 0 Å². The van der Waals surface area contributed by atoms with E-state index in [0.717, 1.165) is 241 Å². The van der Waals surface area contributed by atoms with Crippen molar-refractivity contribution in [1.82, 2.24) is 29.0 Å². The van der Waals surface area contributed by atoms with Gasteiger partial charge in [-0.25, -0.2) is 4.98 Å². The molecule has 0 saturated carbocycles. The second kappa shape index (κ2) is 26.4. The van der Waals surface area contributed by atoms with Gasteiger partial charge in [-0.3, -0.25) is 67.2 Å². The van der Waals surface area contributed by atoms with E-state index in [1.165, 1.54) is 85.3 Å². The smallest absolute Gasteiger partial charge is 0.265 e. The highest BCUT2D eigenvalue weighted by Crippen LogP contribution is 2.59. The van der Waals surface area contributed by atoms with Crippen LogP contribution in [0.3, 0.4) is 0 Å². The molecule has 0 radical (unpaired) electrons. The van der Waals surface area contributed by atoms with E-state index in [4.69, 9.17) is 4.98 Å². The van der Waals surface area contributed by atoms with Gasteiger partial charge in [-0.2, -0.15) is 0 Å². The third-order valence-electron chi connectivity index (χ3n) is 32.7. The van der Waals surface area contributed by atoms with Gasteiger partial charge >= 0.3 is 0 Å². The maximum absolute atomic E-state index is 15.0. The van der Waals surface area contributed by atoms with Crippen LogP contribution in [-0.2, 0) is 0 Å². The molecule has 17 aromatic carbocycles. The molecular weight excluding hydrogens is 1570 g/mol. The number of aryl methyl sites for hydroxylation is 16. The Morgan fingerprint density at radius 3 is 0.630 bits per heavy atom. The highest BCUT2D eigenvalue weighted by Gasteiger charge is 2.44. The van der Waals surface area contributed by atoms with Crippen molar-refractivity contribution in [2.75, 3.05) is 28.2 Å². The first kappa shape index (κ1) is 83.2. The summed E-state index contributed by atoms with van der Waals surface area (Å²) in [5.74, 6) is -2.03. The number of pyridine rings is 1. The fourth-order valence-electron chi connectivity index (χ4n) is 24.4. The number of imide groups is 4. The number of carbonyl (C=O) groups excluding carboxylic acids is 8. The minimum atomic E-state index is -0.282. The first-order valence-electron chi connectivity index (χ1n) is 43.3. The Labute approximate surface area is 736 Å². The van der Waals surface area contributed by atoms with Crippen LogP contribution < -0.4 is 5.56 Å². The predicted octanol–water partition coefficient (Wildman–Crippen LogP) is 25.3. The fraction of sp³-hybridized carbons (Fsp3) is 0.286. The van der Waals surface area contributed by atoms with Crippen LogP contribution in [0.1, 0.15) is 242 Å². The molecule has 0 fully saturated rings. The summed E-state index contributed by atoms with van der Waals surface area (Å²) in [6.45, 7) is 54.6. The number of carbonyl (C=O) groups is 8. The van der Waals surface area contributed by atoms with Gasteiger partial charge in [0.25, 0.3) is 52.8 Å². The average molecular weight is 1680 g/mol. The van der Waals surface area contributed by atoms with E-state index in [9.17, 15) is 43.2 Å². The van der Waals surface area contributed by atoms with Crippen LogP contribution in [0.25, 0.3) is 167 Å². The Morgan fingerprint density at radius 1 is 0.197 bits per heavy atom. The van der Waals surface area contributed by atoms with Gasteiger partial charge in [0.15, 0.2) is 0 Å². The quantitative estimate of drug-likeness (QED) is 0.0804. The molecule has 127 heavy (non-hydrogen) atoms. The number of aromatic nitrogens is 2. The molecule has 15 nitrogen and oxygen atoms in total. The van der Waals surface area contributed by atoms with Gasteiger partial charge in [0.05, 0.1) is 60.9 Å². The normalized spacial score (nSPS) is 14.2. The minimum absolute atomic E-state index is 0. The van der Waals surface area contributed by atoms with E-state index < -0.39 is 0 Å². The number of hydrogen-bond acceptors (Lipinski definition) is 10. The van der Waals surface area contributed by atoms with E-state index in [2.05, 4.69) is 135 Å². The number of amides is 8. The molecule has 0 aliphatic carbocycles. The number of hydrogen-bond donors (Lipinski definition) is 0. The monoisotopic (exact) mass is 1680 g/mol. The van der Waals surface area contributed by atoms with Crippen molar-refractivity contribution in [3.63, 3.8) is 0 Å². The maximum Gasteiger partial charge on any atom is 0.265 e. The SMILES string of the molecule is C.C.Cc1c(C)c2c(C)c(C)c(C)c3c4c(C)c(C)c5c6c(c(C)c(C)c(c(c1C)c23)c64)C(=O)N(C)C5=O.Cc1c2c3c(c(C)c(C)c4c5c(C)c(C)c6c7c(c(C)c(C)c(c(c1C)c34)c57)c(=O)n1c3cc4ccccc4cc3nc61)C(=O)N(C)C2=O.Cc1c2c3c(c(C)c(C)c4c5c(C)c(C)c6c7c(c(C)c(C)c(c(c1C)c34)c75)C(=O)N(C)C6=O)C(=O)N(C)C2=O. The van der Waals surface area contributed by atoms with Crippen molar-refractivity contribution in [3.05, 3.63) is 236 Å². The van der Waals surface area contributed by atoms with Crippen molar-refractivity contribution in [1.29, 1.82) is 0 Å². The van der Waals surface area contributed by atoms with E-state index in [0.29, 0.717) is 50.2 Å². The highest BCUT2D eigenvalue weighted by molar-refractivity contribution is 6.48. The summed E-state index contributed by atoms with van der Waals surface area (Å²) in [6, 6.07) is 12.4. The average Bonchev–Trinajstić information content (AvgIpc) is 1.62. The summed E-state index contributed by atoms with van der Waals surface area (Å²) < 4.78 is 1.83. The Kier molecular flexibility index (Phi) is 17.3. The minimum Gasteiger partial charge on any atom is -0.277 e. The van der Waals surface area contributed by atoms with Gasteiger partial charge in [0, 0.05) is 60.5 Å². The fourth-order valence-corrected chi connectivity index (χ4v) is 24.4. The molecule has 636 valence electrons. The topological polar surface area (TPSA) is 184 Å².